The standard InChI is InChI=1S/C21H30N6/c1-16-24-25-20(26(16)2)14-22-21(23-19-10-6-7-11-19)27-13-12-18(15-27)17-8-4-3-5-9-17/h3-5,8-9,18-19H,6-7,10-15H2,1-2H3,(H,22,23). The van der Waals surface area contributed by atoms with Crippen LogP contribution >= 0.6 is 0 Å². The maximum atomic E-state index is 4.95. The Hall–Kier alpha value is -2.37. The number of hydrogen-bond acceptors (Lipinski definition) is 3. The van der Waals surface area contributed by atoms with Gasteiger partial charge in [0.2, 0.25) is 0 Å². The van der Waals surface area contributed by atoms with Crippen LogP contribution in [0.15, 0.2) is 35.3 Å². The number of nitrogens with one attached hydrogen (secondary N) is 1. The molecule has 1 aromatic carbocycles. The minimum atomic E-state index is 0.556. The van der Waals surface area contributed by atoms with Crippen molar-refractivity contribution in [2.75, 3.05) is 13.1 Å². The summed E-state index contributed by atoms with van der Waals surface area (Å²) in [6.45, 7) is 4.62. The van der Waals surface area contributed by atoms with Crippen molar-refractivity contribution >= 4 is 5.96 Å². The molecule has 1 atom stereocenters. The maximum absolute atomic E-state index is 4.95. The third-order valence-electron chi connectivity index (χ3n) is 6.00. The minimum absolute atomic E-state index is 0.556. The summed E-state index contributed by atoms with van der Waals surface area (Å²) >= 11 is 0. The third kappa shape index (κ3) is 4.15. The van der Waals surface area contributed by atoms with Crippen molar-refractivity contribution in [2.24, 2.45) is 12.0 Å². The molecule has 1 aliphatic heterocycles. The summed E-state index contributed by atoms with van der Waals surface area (Å²) in [4.78, 5) is 7.38. The Balaban J connectivity index is 1.49. The quantitative estimate of drug-likeness (QED) is 0.668. The van der Waals surface area contributed by atoms with Gasteiger partial charge in [0.1, 0.15) is 12.4 Å². The van der Waals surface area contributed by atoms with Crippen molar-refractivity contribution < 1.29 is 0 Å². The lowest BCUT2D eigenvalue weighted by atomic mass is 9.99. The number of aromatic nitrogens is 3. The fourth-order valence-electron chi connectivity index (χ4n) is 4.17. The predicted molar refractivity (Wildman–Crippen MR) is 108 cm³/mol. The minimum Gasteiger partial charge on any atom is -0.353 e. The molecule has 1 saturated heterocycles. The highest BCUT2D eigenvalue weighted by Gasteiger charge is 2.28. The lowest BCUT2D eigenvalue weighted by Gasteiger charge is -2.25. The van der Waals surface area contributed by atoms with Gasteiger partial charge in [0.15, 0.2) is 11.8 Å². The largest absolute Gasteiger partial charge is 0.353 e. The van der Waals surface area contributed by atoms with Crippen molar-refractivity contribution in [3.63, 3.8) is 0 Å². The molecule has 4 rings (SSSR count). The van der Waals surface area contributed by atoms with Gasteiger partial charge in [-0.05, 0) is 31.7 Å². The van der Waals surface area contributed by atoms with Crippen molar-refractivity contribution in [3.8, 4) is 0 Å². The molecule has 0 radical (unpaired) electrons. The number of aliphatic imine (C=N–C) groups is 1. The molecule has 27 heavy (non-hydrogen) atoms. The SMILES string of the molecule is Cc1nnc(CN=C(NC2CCCC2)N2CCC(c3ccccc3)C2)n1C. The van der Waals surface area contributed by atoms with Crippen LogP contribution in [0.25, 0.3) is 0 Å². The van der Waals surface area contributed by atoms with Gasteiger partial charge < -0.3 is 14.8 Å². The molecule has 1 N–H and O–H groups in total. The zero-order valence-electron chi connectivity index (χ0n) is 16.4. The van der Waals surface area contributed by atoms with E-state index in [1.807, 2.05) is 18.5 Å². The van der Waals surface area contributed by atoms with E-state index in [0.29, 0.717) is 18.5 Å². The van der Waals surface area contributed by atoms with E-state index in [1.165, 1.54) is 37.7 Å². The number of aryl methyl sites for hydroxylation is 1. The van der Waals surface area contributed by atoms with E-state index in [4.69, 9.17) is 4.99 Å². The summed E-state index contributed by atoms with van der Waals surface area (Å²) in [6, 6.07) is 11.4. The van der Waals surface area contributed by atoms with Crippen LogP contribution < -0.4 is 5.32 Å². The summed E-state index contributed by atoms with van der Waals surface area (Å²) in [5.41, 5.74) is 1.43. The molecule has 1 unspecified atom stereocenters. The van der Waals surface area contributed by atoms with Crippen molar-refractivity contribution in [2.45, 2.75) is 57.5 Å². The number of nitrogens with zero attached hydrogens (tertiary/aromatic N) is 5. The second-order valence-corrected chi connectivity index (χ2v) is 7.83. The summed E-state index contributed by atoms with van der Waals surface area (Å²) in [5, 5.41) is 12.2. The zero-order valence-corrected chi connectivity index (χ0v) is 16.4. The molecular weight excluding hydrogens is 336 g/mol. The maximum Gasteiger partial charge on any atom is 0.194 e. The molecule has 6 heteroatoms. The van der Waals surface area contributed by atoms with E-state index in [2.05, 4.69) is 50.7 Å². The van der Waals surface area contributed by atoms with E-state index >= 15 is 0 Å². The van der Waals surface area contributed by atoms with E-state index in [1.54, 1.807) is 0 Å². The van der Waals surface area contributed by atoms with Gasteiger partial charge in [-0.3, -0.25) is 0 Å². The summed E-state index contributed by atoms with van der Waals surface area (Å²) < 4.78 is 2.02. The Morgan fingerprint density at radius 3 is 2.63 bits per heavy atom. The van der Waals surface area contributed by atoms with Crippen LogP contribution in [0.5, 0.6) is 0 Å². The van der Waals surface area contributed by atoms with Crippen LogP contribution in [-0.2, 0) is 13.6 Å². The number of likely N-dealkylation sites (tertiary alicyclic amines) is 1. The Morgan fingerprint density at radius 2 is 1.93 bits per heavy atom. The fourth-order valence-corrected chi connectivity index (χ4v) is 4.17. The summed E-state index contributed by atoms with van der Waals surface area (Å²) in [6.07, 6.45) is 6.31. The highest BCUT2D eigenvalue weighted by molar-refractivity contribution is 5.80. The molecule has 2 aromatic rings. The van der Waals surface area contributed by atoms with Crippen LogP contribution in [0.1, 0.15) is 55.2 Å². The molecule has 144 valence electrons. The first-order valence-corrected chi connectivity index (χ1v) is 10.2. The lowest BCUT2D eigenvalue weighted by Crippen LogP contribution is -2.44. The van der Waals surface area contributed by atoms with Crippen LogP contribution in [-0.4, -0.2) is 44.8 Å². The predicted octanol–water partition coefficient (Wildman–Crippen LogP) is 3.00. The molecule has 1 saturated carbocycles. The van der Waals surface area contributed by atoms with E-state index < -0.39 is 0 Å². The zero-order chi connectivity index (χ0) is 18.6. The van der Waals surface area contributed by atoms with Crippen LogP contribution in [0.4, 0.5) is 0 Å². The van der Waals surface area contributed by atoms with E-state index in [-0.39, 0.29) is 0 Å². The van der Waals surface area contributed by atoms with Gasteiger partial charge in [-0.1, -0.05) is 43.2 Å². The van der Waals surface area contributed by atoms with E-state index in [9.17, 15) is 0 Å². The topological polar surface area (TPSA) is 58.3 Å². The average molecular weight is 367 g/mol. The Kier molecular flexibility index (Phi) is 5.41. The molecule has 2 heterocycles. The first-order valence-electron chi connectivity index (χ1n) is 10.2. The molecule has 6 nitrogen and oxygen atoms in total. The average Bonchev–Trinajstić information content (AvgIpc) is 3.44. The molecule has 0 spiro atoms. The normalized spacial score (nSPS) is 21.2. The highest BCUT2D eigenvalue weighted by Crippen LogP contribution is 2.27. The highest BCUT2D eigenvalue weighted by atomic mass is 15.3. The summed E-state index contributed by atoms with van der Waals surface area (Å²) in [5.74, 6) is 3.47. The van der Waals surface area contributed by atoms with Gasteiger partial charge in [-0.15, -0.1) is 10.2 Å². The van der Waals surface area contributed by atoms with Gasteiger partial charge in [-0.2, -0.15) is 0 Å². The van der Waals surface area contributed by atoms with Gasteiger partial charge in [0.25, 0.3) is 0 Å². The van der Waals surface area contributed by atoms with Crippen LogP contribution in [0.3, 0.4) is 0 Å². The molecule has 0 bridgehead atoms. The van der Waals surface area contributed by atoms with E-state index in [0.717, 1.165) is 30.7 Å². The van der Waals surface area contributed by atoms with Gasteiger partial charge in [-0.25, -0.2) is 4.99 Å². The molecule has 1 aliphatic carbocycles. The van der Waals surface area contributed by atoms with Crippen LogP contribution in [0.2, 0.25) is 0 Å². The third-order valence-corrected chi connectivity index (χ3v) is 6.00. The molecule has 1 aromatic heterocycles. The summed E-state index contributed by atoms with van der Waals surface area (Å²) in [7, 11) is 2.01. The first-order chi connectivity index (χ1) is 13.2. The first kappa shape index (κ1) is 18.0. The van der Waals surface area contributed by atoms with Crippen molar-refractivity contribution in [1.82, 2.24) is 25.0 Å². The Morgan fingerprint density at radius 1 is 1.15 bits per heavy atom. The Bertz CT molecular complexity index is 775. The number of guanidine groups is 1. The lowest BCUT2D eigenvalue weighted by molar-refractivity contribution is 0.464. The van der Waals surface area contributed by atoms with Crippen molar-refractivity contribution in [1.29, 1.82) is 0 Å². The smallest absolute Gasteiger partial charge is 0.194 e. The molecule has 0 amide bonds. The van der Waals surface area contributed by atoms with Gasteiger partial charge >= 0.3 is 0 Å². The fraction of sp³-hybridized carbons (Fsp3) is 0.571. The number of rotatable bonds is 4. The second kappa shape index (κ2) is 8.11. The Labute approximate surface area is 161 Å². The van der Waals surface area contributed by atoms with Crippen LogP contribution in [0, 0.1) is 6.92 Å². The van der Waals surface area contributed by atoms with Gasteiger partial charge in [0.05, 0.1) is 0 Å². The molecule has 2 aliphatic rings. The monoisotopic (exact) mass is 366 g/mol. The number of hydrogen-bond donors (Lipinski definition) is 1. The number of benzene rings is 1. The molecular formula is C21H30N6. The van der Waals surface area contributed by atoms with Gasteiger partial charge in [0, 0.05) is 32.1 Å². The second-order valence-electron chi connectivity index (χ2n) is 7.83. The van der Waals surface area contributed by atoms with Crippen molar-refractivity contribution in [3.05, 3.63) is 47.5 Å². The molecule has 2 fully saturated rings.